The van der Waals surface area contributed by atoms with Crippen LogP contribution in [0.4, 0.5) is 5.13 Å². The standard InChI is InChI=1S/C15H13N3O2S/c1-9-10(2)21-15(17-9)18-14(19)13-12(16-8-20-13)11-6-4-3-5-7-11/h3-8H,1-2H3,(H,17,18,19). The summed E-state index contributed by atoms with van der Waals surface area (Å²) in [5, 5.41) is 3.31. The molecule has 5 nitrogen and oxygen atoms in total. The summed E-state index contributed by atoms with van der Waals surface area (Å²) >= 11 is 1.44. The van der Waals surface area contributed by atoms with Crippen LogP contribution in [0.15, 0.2) is 41.1 Å². The maximum atomic E-state index is 12.3. The van der Waals surface area contributed by atoms with Gasteiger partial charge in [-0.15, -0.1) is 11.3 Å². The number of benzene rings is 1. The minimum absolute atomic E-state index is 0.187. The molecule has 0 atom stereocenters. The summed E-state index contributed by atoms with van der Waals surface area (Å²) in [4.78, 5) is 21.8. The lowest BCUT2D eigenvalue weighted by Crippen LogP contribution is -2.12. The molecule has 0 radical (unpaired) electrons. The van der Waals surface area contributed by atoms with Gasteiger partial charge in [-0.2, -0.15) is 0 Å². The van der Waals surface area contributed by atoms with Crippen LogP contribution in [0.3, 0.4) is 0 Å². The molecule has 1 aromatic carbocycles. The fourth-order valence-corrected chi connectivity index (χ4v) is 2.70. The van der Waals surface area contributed by atoms with Crippen molar-refractivity contribution in [3.05, 3.63) is 53.1 Å². The normalized spacial score (nSPS) is 10.6. The van der Waals surface area contributed by atoms with Crippen molar-refractivity contribution in [1.82, 2.24) is 9.97 Å². The summed E-state index contributed by atoms with van der Waals surface area (Å²) in [7, 11) is 0. The number of amides is 1. The van der Waals surface area contributed by atoms with Gasteiger partial charge in [-0.1, -0.05) is 30.3 Å². The van der Waals surface area contributed by atoms with Gasteiger partial charge in [0.15, 0.2) is 11.5 Å². The molecule has 0 unspecified atom stereocenters. The number of carbonyl (C=O) groups excluding carboxylic acids is 1. The molecule has 21 heavy (non-hydrogen) atoms. The van der Waals surface area contributed by atoms with E-state index in [0.29, 0.717) is 10.8 Å². The molecule has 6 heteroatoms. The maximum Gasteiger partial charge on any atom is 0.295 e. The van der Waals surface area contributed by atoms with E-state index in [1.807, 2.05) is 44.2 Å². The number of thiazole rings is 1. The van der Waals surface area contributed by atoms with Crippen molar-refractivity contribution in [1.29, 1.82) is 0 Å². The van der Waals surface area contributed by atoms with Crippen molar-refractivity contribution < 1.29 is 9.21 Å². The van der Waals surface area contributed by atoms with Crippen LogP contribution in [0.1, 0.15) is 21.1 Å². The van der Waals surface area contributed by atoms with Crippen LogP contribution in [-0.4, -0.2) is 15.9 Å². The zero-order chi connectivity index (χ0) is 14.8. The molecule has 106 valence electrons. The first-order valence-electron chi connectivity index (χ1n) is 6.39. The van der Waals surface area contributed by atoms with Crippen molar-refractivity contribution in [2.45, 2.75) is 13.8 Å². The first-order chi connectivity index (χ1) is 10.1. The molecule has 3 aromatic rings. The number of nitrogens with one attached hydrogen (secondary N) is 1. The molecule has 3 rings (SSSR count). The summed E-state index contributed by atoms with van der Waals surface area (Å²) < 4.78 is 5.24. The molecule has 0 aliphatic heterocycles. The molecule has 0 aliphatic rings. The Balaban J connectivity index is 1.88. The van der Waals surface area contributed by atoms with Gasteiger partial charge >= 0.3 is 0 Å². The van der Waals surface area contributed by atoms with Gasteiger partial charge in [-0.3, -0.25) is 10.1 Å². The molecule has 0 bridgehead atoms. The van der Waals surface area contributed by atoms with Gasteiger partial charge in [0, 0.05) is 10.4 Å². The predicted octanol–water partition coefficient (Wildman–Crippen LogP) is 3.67. The molecule has 2 heterocycles. The second-order valence-electron chi connectivity index (χ2n) is 4.51. The molecule has 0 aliphatic carbocycles. The van der Waals surface area contributed by atoms with Crippen LogP contribution in [0.2, 0.25) is 0 Å². The smallest absolute Gasteiger partial charge is 0.295 e. The first kappa shape index (κ1) is 13.5. The number of rotatable bonds is 3. The average Bonchev–Trinajstić information content (AvgIpc) is 3.07. The van der Waals surface area contributed by atoms with Crippen LogP contribution < -0.4 is 5.32 Å². The van der Waals surface area contributed by atoms with E-state index in [9.17, 15) is 4.79 Å². The Bertz CT molecular complexity index is 758. The minimum atomic E-state index is -0.347. The summed E-state index contributed by atoms with van der Waals surface area (Å²) in [6, 6.07) is 9.45. The highest BCUT2D eigenvalue weighted by Crippen LogP contribution is 2.25. The third-order valence-electron chi connectivity index (χ3n) is 3.07. The fourth-order valence-electron chi connectivity index (χ4n) is 1.89. The lowest BCUT2D eigenvalue weighted by atomic mass is 10.1. The van der Waals surface area contributed by atoms with E-state index < -0.39 is 0 Å². The second-order valence-corrected chi connectivity index (χ2v) is 5.71. The average molecular weight is 299 g/mol. The number of aromatic nitrogens is 2. The summed E-state index contributed by atoms with van der Waals surface area (Å²) in [5.41, 5.74) is 2.28. The molecule has 1 amide bonds. The van der Waals surface area contributed by atoms with E-state index in [4.69, 9.17) is 4.42 Å². The SMILES string of the molecule is Cc1nc(NC(=O)c2ocnc2-c2ccccc2)sc1C. The summed E-state index contributed by atoms with van der Waals surface area (Å²) in [6.45, 7) is 3.87. The lowest BCUT2D eigenvalue weighted by Gasteiger charge is -2.01. The number of aryl methyl sites for hydroxylation is 2. The highest BCUT2D eigenvalue weighted by atomic mass is 32.1. The zero-order valence-corrected chi connectivity index (χ0v) is 12.4. The van der Waals surface area contributed by atoms with Gasteiger partial charge in [-0.25, -0.2) is 9.97 Å². The largest absolute Gasteiger partial charge is 0.438 e. The van der Waals surface area contributed by atoms with E-state index in [0.717, 1.165) is 16.1 Å². The van der Waals surface area contributed by atoms with Crippen LogP contribution in [0.25, 0.3) is 11.3 Å². The molecule has 0 fully saturated rings. The Kier molecular flexibility index (Phi) is 3.53. The van der Waals surface area contributed by atoms with Crippen LogP contribution in [0, 0.1) is 13.8 Å². The van der Waals surface area contributed by atoms with Crippen molar-refractivity contribution in [2.75, 3.05) is 5.32 Å². The maximum absolute atomic E-state index is 12.3. The molecule has 0 spiro atoms. The zero-order valence-electron chi connectivity index (χ0n) is 11.6. The Labute approximate surface area is 125 Å². The quantitative estimate of drug-likeness (QED) is 0.801. The van der Waals surface area contributed by atoms with Crippen LogP contribution in [-0.2, 0) is 0 Å². The van der Waals surface area contributed by atoms with Gasteiger partial charge in [0.05, 0.1) is 5.69 Å². The Morgan fingerprint density at radius 1 is 1.24 bits per heavy atom. The minimum Gasteiger partial charge on any atom is -0.438 e. The highest BCUT2D eigenvalue weighted by molar-refractivity contribution is 7.15. The first-order valence-corrected chi connectivity index (χ1v) is 7.21. The summed E-state index contributed by atoms with van der Waals surface area (Å²) in [5.74, 6) is -0.160. The van der Waals surface area contributed by atoms with Gasteiger partial charge in [0.25, 0.3) is 5.91 Å². The summed E-state index contributed by atoms with van der Waals surface area (Å²) in [6.07, 6.45) is 1.27. The van der Waals surface area contributed by atoms with Gasteiger partial charge in [0.2, 0.25) is 5.76 Å². The van der Waals surface area contributed by atoms with Crippen molar-refractivity contribution in [2.24, 2.45) is 0 Å². The monoisotopic (exact) mass is 299 g/mol. The third-order valence-corrected chi connectivity index (χ3v) is 4.06. The molecule has 2 aromatic heterocycles. The van der Waals surface area contributed by atoms with Crippen LogP contribution in [0.5, 0.6) is 0 Å². The van der Waals surface area contributed by atoms with E-state index >= 15 is 0 Å². The van der Waals surface area contributed by atoms with E-state index in [1.165, 1.54) is 17.7 Å². The van der Waals surface area contributed by atoms with Crippen molar-refractivity contribution in [3.63, 3.8) is 0 Å². The molecule has 0 saturated carbocycles. The Morgan fingerprint density at radius 3 is 2.67 bits per heavy atom. The van der Waals surface area contributed by atoms with E-state index in [-0.39, 0.29) is 11.7 Å². The lowest BCUT2D eigenvalue weighted by molar-refractivity contribution is 0.0997. The molecule has 1 N–H and O–H groups in total. The number of carbonyl (C=O) groups is 1. The van der Waals surface area contributed by atoms with E-state index in [2.05, 4.69) is 15.3 Å². The number of hydrogen-bond donors (Lipinski definition) is 1. The molecular weight excluding hydrogens is 286 g/mol. The topological polar surface area (TPSA) is 68.0 Å². The van der Waals surface area contributed by atoms with Crippen molar-refractivity contribution in [3.8, 4) is 11.3 Å². The third kappa shape index (κ3) is 2.71. The van der Waals surface area contributed by atoms with Gasteiger partial charge in [0.1, 0.15) is 5.69 Å². The molecule has 0 saturated heterocycles. The van der Waals surface area contributed by atoms with Gasteiger partial charge in [-0.05, 0) is 13.8 Å². The number of anilines is 1. The second kappa shape index (κ2) is 5.49. The van der Waals surface area contributed by atoms with Gasteiger partial charge < -0.3 is 4.42 Å². The number of hydrogen-bond acceptors (Lipinski definition) is 5. The Hall–Kier alpha value is -2.47. The molecular formula is C15H13N3O2S. The highest BCUT2D eigenvalue weighted by Gasteiger charge is 2.19. The number of nitrogens with zero attached hydrogens (tertiary/aromatic N) is 2. The van der Waals surface area contributed by atoms with E-state index in [1.54, 1.807) is 0 Å². The van der Waals surface area contributed by atoms with Crippen LogP contribution >= 0.6 is 11.3 Å². The Morgan fingerprint density at radius 2 is 2.00 bits per heavy atom. The number of oxazole rings is 1. The predicted molar refractivity (Wildman–Crippen MR) is 81.5 cm³/mol. The fraction of sp³-hybridized carbons (Fsp3) is 0.133. The van der Waals surface area contributed by atoms with Crippen molar-refractivity contribution >= 4 is 22.4 Å².